The number of hydrogen-bond donors (Lipinski definition) is 0. The average molecular weight is 579 g/mol. The lowest BCUT2D eigenvalue weighted by atomic mass is 9.87. The van der Waals surface area contributed by atoms with Crippen LogP contribution >= 0.6 is 0 Å². The van der Waals surface area contributed by atoms with E-state index in [2.05, 4.69) is 4.90 Å². The van der Waals surface area contributed by atoms with Gasteiger partial charge in [-0.05, 0) is 41.0 Å². The molecule has 3 heterocycles. The fourth-order valence-electron chi connectivity index (χ4n) is 5.75. The third kappa shape index (κ3) is 5.10. The molecule has 3 aliphatic rings. The molecule has 218 valence electrons. The van der Waals surface area contributed by atoms with E-state index < -0.39 is 35.6 Å². The summed E-state index contributed by atoms with van der Waals surface area (Å²) in [6.07, 6.45) is -0.793. The molecule has 0 aromatic heterocycles. The van der Waals surface area contributed by atoms with Gasteiger partial charge < -0.3 is 23.8 Å². The van der Waals surface area contributed by atoms with Gasteiger partial charge in [0.15, 0.2) is 0 Å². The first-order valence-electron chi connectivity index (χ1n) is 13.6. The van der Waals surface area contributed by atoms with Gasteiger partial charge in [-0.25, -0.2) is 28.1 Å². The third-order valence-corrected chi connectivity index (χ3v) is 7.95. The van der Waals surface area contributed by atoms with E-state index in [1.807, 2.05) is 18.2 Å². The summed E-state index contributed by atoms with van der Waals surface area (Å²) in [5.74, 6) is -5.08. The van der Waals surface area contributed by atoms with Gasteiger partial charge in [0.2, 0.25) is 5.60 Å². The fraction of sp³-hybridized carbons (Fsp3) is 0.323. The molecule has 0 atom stereocenters. The number of halogens is 2. The van der Waals surface area contributed by atoms with Crippen LogP contribution in [-0.4, -0.2) is 65.6 Å². The lowest BCUT2D eigenvalue weighted by Crippen LogP contribution is -2.63. The topological polar surface area (TPSA) is 94.6 Å². The van der Waals surface area contributed by atoms with Gasteiger partial charge in [-0.1, -0.05) is 54.6 Å². The van der Waals surface area contributed by atoms with Crippen molar-refractivity contribution in [3.05, 3.63) is 107 Å². The number of ether oxygens (including phenoxy) is 4. The monoisotopic (exact) mass is 578 g/mol. The minimum Gasteiger partial charge on any atom is -0.432 e. The fourth-order valence-corrected chi connectivity index (χ4v) is 5.75. The number of carbonyl (C=O) groups excluding carboxylic acids is 3. The molecule has 0 bridgehead atoms. The first-order chi connectivity index (χ1) is 20.3. The SMILES string of the molecule is O=C1OC2(OC1=O)N(Cc1ccccc1)C(=O)OC21CCN(CCOC(c2ccc(F)cc2)c2ccc(F)cc2)CC1. The maximum absolute atomic E-state index is 13.5. The normalized spacial score (nSPS) is 19.4. The second-order valence-corrected chi connectivity index (χ2v) is 10.5. The molecule has 0 N–H and O–H groups in total. The van der Waals surface area contributed by atoms with E-state index >= 15 is 0 Å². The van der Waals surface area contributed by atoms with Gasteiger partial charge >= 0.3 is 23.9 Å². The third-order valence-electron chi connectivity index (χ3n) is 7.95. The predicted molar refractivity (Wildman–Crippen MR) is 142 cm³/mol. The molecule has 2 spiro atoms. The largest absolute Gasteiger partial charge is 0.432 e. The maximum Gasteiger partial charge on any atom is 0.422 e. The number of amides is 1. The second kappa shape index (κ2) is 11.1. The summed E-state index contributed by atoms with van der Waals surface area (Å²) in [6, 6.07) is 21.0. The minimum atomic E-state index is -1.99. The second-order valence-electron chi connectivity index (χ2n) is 10.5. The predicted octanol–water partition coefficient (Wildman–Crippen LogP) is 4.31. The molecule has 3 aliphatic heterocycles. The molecule has 3 saturated heterocycles. The molecule has 0 unspecified atom stereocenters. The minimum absolute atomic E-state index is 0.0215. The summed E-state index contributed by atoms with van der Waals surface area (Å²) in [5, 5.41) is 0. The zero-order valence-electron chi connectivity index (χ0n) is 22.5. The van der Waals surface area contributed by atoms with E-state index in [9.17, 15) is 23.2 Å². The summed E-state index contributed by atoms with van der Waals surface area (Å²) >= 11 is 0. The summed E-state index contributed by atoms with van der Waals surface area (Å²) in [5.41, 5.74) is 0.826. The van der Waals surface area contributed by atoms with Crippen molar-refractivity contribution in [3.63, 3.8) is 0 Å². The molecule has 6 rings (SSSR count). The van der Waals surface area contributed by atoms with E-state index in [1.54, 1.807) is 36.4 Å². The van der Waals surface area contributed by atoms with Crippen LogP contribution in [0.4, 0.5) is 13.6 Å². The quantitative estimate of drug-likeness (QED) is 0.288. The summed E-state index contributed by atoms with van der Waals surface area (Å²) in [7, 11) is 0. The van der Waals surface area contributed by atoms with Crippen LogP contribution in [0.3, 0.4) is 0 Å². The Kier molecular flexibility index (Phi) is 7.38. The Morgan fingerprint density at radius 3 is 1.86 bits per heavy atom. The van der Waals surface area contributed by atoms with Gasteiger partial charge in [-0.3, -0.25) is 0 Å². The van der Waals surface area contributed by atoms with Crippen LogP contribution in [0.15, 0.2) is 78.9 Å². The van der Waals surface area contributed by atoms with Crippen LogP contribution < -0.4 is 0 Å². The smallest absolute Gasteiger partial charge is 0.422 e. The highest BCUT2D eigenvalue weighted by molar-refractivity contribution is 6.31. The van der Waals surface area contributed by atoms with Gasteiger partial charge in [0.25, 0.3) is 0 Å². The number of benzene rings is 3. The number of likely N-dealkylation sites (tertiary alicyclic amines) is 1. The molecule has 9 nitrogen and oxygen atoms in total. The van der Waals surface area contributed by atoms with Crippen LogP contribution in [0.25, 0.3) is 0 Å². The van der Waals surface area contributed by atoms with Crippen molar-refractivity contribution in [3.8, 4) is 0 Å². The van der Waals surface area contributed by atoms with Gasteiger partial charge in [0.1, 0.15) is 17.7 Å². The van der Waals surface area contributed by atoms with Crippen molar-refractivity contribution >= 4 is 18.0 Å². The molecular weight excluding hydrogens is 550 g/mol. The number of piperidine rings is 1. The highest BCUT2D eigenvalue weighted by Crippen LogP contribution is 2.50. The Balaban J connectivity index is 1.14. The standard InChI is InChI=1S/C31H28F2N2O7/c32-24-10-6-22(7-11-24)26(23-8-12-25(33)13-9-23)39-19-18-34-16-14-30(15-17-34)31(40-27(36)28(37)41-31)35(29(38)42-30)20-21-4-2-1-3-5-21/h1-13,26H,14-20H2. The number of carbonyl (C=O) groups is 3. The first kappa shape index (κ1) is 27.8. The highest BCUT2D eigenvalue weighted by Gasteiger charge is 2.75. The van der Waals surface area contributed by atoms with E-state index in [0.717, 1.165) is 16.7 Å². The lowest BCUT2D eigenvalue weighted by molar-refractivity contribution is -0.288. The Labute approximate surface area is 240 Å². The molecule has 3 aromatic rings. The van der Waals surface area contributed by atoms with Crippen molar-refractivity contribution < 1.29 is 42.1 Å². The van der Waals surface area contributed by atoms with Gasteiger partial charge in [-0.2, -0.15) is 0 Å². The molecule has 1 amide bonds. The van der Waals surface area contributed by atoms with E-state index in [1.165, 1.54) is 29.2 Å². The molecule has 42 heavy (non-hydrogen) atoms. The molecular formula is C31H28F2N2O7. The number of nitrogens with zero attached hydrogens (tertiary/aromatic N) is 2. The zero-order valence-corrected chi connectivity index (χ0v) is 22.5. The first-order valence-corrected chi connectivity index (χ1v) is 13.6. The number of rotatable bonds is 8. The lowest BCUT2D eigenvalue weighted by Gasteiger charge is -2.43. The van der Waals surface area contributed by atoms with Crippen LogP contribution in [-0.2, 0) is 35.1 Å². The number of hydrogen-bond acceptors (Lipinski definition) is 8. The van der Waals surface area contributed by atoms with Crippen molar-refractivity contribution in [2.24, 2.45) is 0 Å². The van der Waals surface area contributed by atoms with Crippen molar-refractivity contribution in [2.75, 3.05) is 26.2 Å². The van der Waals surface area contributed by atoms with Crippen LogP contribution in [0.5, 0.6) is 0 Å². The molecule has 3 fully saturated rings. The van der Waals surface area contributed by atoms with E-state index in [0.29, 0.717) is 26.2 Å². The molecule has 0 saturated carbocycles. The van der Waals surface area contributed by atoms with Crippen molar-refractivity contribution in [1.82, 2.24) is 9.80 Å². The summed E-state index contributed by atoms with van der Waals surface area (Å²) < 4.78 is 50.2. The molecule has 0 radical (unpaired) electrons. The molecule has 11 heteroatoms. The highest BCUT2D eigenvalue weighted by atomic mass is 19.1. The van der Waals surface area contributed by atoms with Crippen LogP contribution in [0, 0.1) is 11.6 Å². The van der Waals surface area contributed by atoms with Crippen molar-refractivity contribution in [1.29, 1.82) is 0 Å². The molecule has 3 aromatic carbocycles. The number of fused-ring (bicyclic) bond motifs is 1. The maximum atomic E-state index is 13.5. The Bertz CT molecular complexity index is 1400. The Morgan fingerprint density at radius 1 is 0.762 bits per heavy atom. The van der Waals surface area contributed by atoms with E-state index in [-0.39, 0.29) is 31.0 Å². The van der Waals surface area contributed by atoms with Gasteiger partial charge in [0, 0.05) is 32.5 Å². The Hall–Kier alpha value is -4.35. The van der Waals surface area contributed by atoms with Crippen molar-refractivity contribution in [2.45, 2.75) is 37.0 Å². The van der Waals surface area contributed by atoms with Gasteiger partial charge in [0.05, 0.1) is 13.2 Å². The average Bonchev–Trinajstić information content (AvgIpc) is 3.41. The summed E-state index contributed by atoms with van der Waals surface area (Å²) in [4.78, 5) is 40.9. The molecule has 0 aliphatic carbocycles. The number of esters is 2. The van der Waals surface area contributed by atoms with Gasteiger partial charge in [-0.15, -0.1) is 0 Å². The van der Waals surface area contributed by atoms with Crippen LogP contribution in [0.2, 0.25) is 0 Å². The van der Waals surface area contributed by atoms with Crippen LogP contribution in [0.1, 0.15) is 35.6 Å². The Morgan fingerprint density at radius 2 is 1.31 bits per heavy atom. The summed E-state index contributed by atoms with van der Waals surface area (Å²) in [6.45, 7) is 1.69. The zero-order chi connectivity index (χ0) is 29.3. The van der Waals surface area contributed by atoms with E-state index in [4.69, 9.17) is 18.9 Å².